The molecule has 2 aliphatic heterocycles. The van der Waals surface area contributed by atoms with E-state index in [4.69, 9.17) is 0 Å². The Labute approximate surface area is 73.6 Å². The van der Waals surface area contributed by atoms with Gasteiger partial charge >= 0.3 is 0 Å². The molecular weight excluding hydrogens is 206 g/mol. The first-order valence-electron chi connectivity index (χ1n) is 3.43. The van der Waals surface area contributed by atoms with Gasteiger partial charge in [-0.05, 0) is 6.08 Å². The third-order valence-electron chi connectivity index (χ3n) is 1.86. The molecule has 11 heavy (non-hydrogen) atoms. The van der Waals surface area contributed by atoms with Gasteiger partial charge < -0.3 is 4.90 Å². The van der Waals surface area contributed by atoms with E-state index in [1.807, 2.05) is 30.6 Å². The summed E-state index contributed by atoms with van der Waals surface area (Å²) in [6, 6.07) is 0.185. The topological polar surface area (TPSA) is 28.0 Å². The van der Waals surface area contributed by atoms with E-state index in [1.54, 1.807) is 0 Å². The van der Waals surface area contributed by atoms with Crippen LogP contribution in [0.4, 0.5) is 0 Å². The molecule has 0 amide bonds. The summed E-state index contributed by atoms with van der Waals surface area (Å²) in [7, 11) is 1.98. The van der Waals surface area contributed by atoms with Crippen LogP contribution in [-0.4, -0.2) is 36.7 Å². The zero-order valence-electron chi connectivity index (χ0n) is 6.11. The lowest BCUT2D eigenvalue weighted by atomic mass is 10.2. The zero-order valence-corrected chi connectivity index (χ0v) is 7.69. The van der Waals surface area contributed by atoms with Crippen molar-refractivity contribution < 1.29 is 0 Å². The molecule has 2 unspecified atom stereocenters. The predicted molar refractivity (Wildman–Crippen MR) is 49.3 cm³/mol. The van der Waals surface area contributed by atoms with Crippen LogP contribution in [0.3, 0.4) is 0 Å². The second-order valence-corrected chi connectivity index (χ2v) is 3.55. The van der Waals surface area contributed by atoms with E-state index >= 15 is 0 Å². The van der Waals surface area contributed by atoms with Crippen molar-refractivity contribution in [3.05, 3.63) is 10.6 Å². The number of rotatable bonds is 0. The van der Waals surface area contributed by atoms with Crippen molar-refractivity contribution in [1.29, 1.82) is 0 Å². The maximum atomic E-state index is 4.29. The molecule has 0 aromatic rings. The monoisotopic (exact) mass is 213 g/mol. The van der Waals surface area contributed by atoms with Gasteiger partial charge in [0.25, 0.3) is 0 Å². The Morgan fingerprint density at radius 2 is 2.36 bits per heavy atom. The molecule has 2 atom stereocenters. The van der Waals surface area contributed by atoms with Gasteiger partial charge in [0.2, 0.25) is 0 Å². The molecule has 3 nitrogen and oxygen atoms in total. The third-order valence-corrected chi connectivity index (χ3v) is 2.60. The minimum Gasteiger partial charge on any atom is -0.342 e. The Bertz CT molecular complexity index is 256. The van der Waals surface area contributed by atoms with Crippen molar-refractivity contribution >= 4 is 28.5 Å². The fourth-order valence-electron chi connectivity index (χ4n) is 1.25. The summed E-state index contributed by atoms with van der Waals surface area (Å²) in [5.74, 6) is 0. The minimum atomic E-state index is 0.175. The number of dihydropyridines is 1. The molecule has 0 saturated carbocycles. The van der Waals surface area contributed by atoms with E-state index in [2.05, 4.69) is 25.9 Å². The van der Waals surface area contributed by atoms with Crippen molar-refractivity contribution in [2.24, 2.45) is 9.98 Å². The van der Waals surface area contributed by atoms with Gasteiger partial charge in [-0.2, -0.15) is 0 Å². The van der Waals surface area contributed by atoms with Crippen LogP contribution in [-0.2, 0) is 0 Å². The van der Waals surface area contributed by atoms with E-state index in [0.29, 0.717) is 0 Å². The van der Waals surface area contributed by atoms with E-state index < -0.39 is 0 Å². The first-order chi connectivity index (χ1) is 5.29. The molecule has 2 rings (SSSR count). The van der Waals surface area contributed by atoms with Gasteiger partial charge in [-0.1, -0.05) is 15.9 Å². The summed E-state index contributed by atoms with van der Waals surface area (Å²) in [5, 5.41) is 0. The molecule has 0 N–H and O–H groups in total. The molecule has 0 fully saturated rings. The second-order valence-electron chi connectivity index (χ2n) is 2.64. The van der Waals surface area contributed by atoms with Crippen LogP contribution in [0.25, 0.3) is 0 Å². The summed E-state index contributed by atoms with van der Waals surface area (Å²) in [4.78, 5) is 10.6. The molecule has 0 bridgehead atoms. The normalized spacial score (nSPS) is 34.0. The standard InChI is InChI=1S/C7H8BrN3/c1-11-4-10-6-5(8)2-3-9-7(6)11/h2-4,6-7H,1H3. The quantitative estimate of drug-likeness (QED) is 0.591. The molecule has 0 radical (unpaired) electrons. The average Bonchev–Trinajstić information content (AvgIpc) is 2.35. The Morgan fingerprint density at radius 3 is 3.09 bits per heavy atom. The van der Waals surface area contributed by atoms with Crippen LogP contribution in [0.15, 0.2) is 20.5 Å². The Morgan fingerprint density at radius 1 is 1.55 bits per heavy atom. The highest BCUT2D eigenvalue weighted by Gasteiger charge is 2.30. The highest BCUT2D eigenvalue weighted by atomic mass is 79.9. The molecule has 2 aliphatic rings. The predicted octanol–water partition coefficient (Wildman–Crippen LogP) is 1.02. The van der Waals surface area contributed by atoms with Crippen LogP contribution >= 0.6 is 15.9 Å². The van der Waals surface area contributed by atoms with Gasteiger partial charge in [-0.15, -0.1) is 0 Å². The Hall–Kier alpha value is -0.640. The van der Waals surface area contributed by atoms with Gasteiger partial charge in [0.05, 0.1) is 6.34 Å². The molecular formula is C7H8BrN3. The average molecular weight is 214 g/mol. The molecule has 0 spiro atoms. The van der Waals surface area contributed by atoms with E-state index in [0.717, 1.165) is 4.48 Å². The van der Waals surface area contributed by atoms with Gasteiger partial charge in [-0.25, -0.2) is 0 Å². The number of hydrogen-bond acceptors (Lipinski definition) is 3. The summed E-state index contributed by atoms with van der Waals surface area (Å²) in [6.45, 7) is 0. The van der Waals surface area contributed by atoms with Crippen molar-refractivity contribution in [1.82, 2.24) is 4.90 Å². The highest BCUT2D eigenvalue weighted by Crippen LogP contribution is 2.26. The maximum Gasteiger partial charge on any atom is 0.148 e. The SMILES string of the molecule is CN1C=NC2C(Br)=CC=NC21. The van der Waals surface area contributed by atoms with Crippen LogP contribution in [0, 0.1) is 0 Å². The number of aliphatic imine (C=N–C) groups is 2. The van der Waals surface area contributed by atoms with Gasteiger partial charge in [0.1, 0.15) is 12.2 Å². The molecule has 58 valence electrons. The molecule has 2 heterocycles. The summed E-state index contributed by atoms with van der Waals surface area (Å²) >= 11 is 3.45. The van der Waals surface area contributed by atoms with E-state index in [9.17, 15) is 0 Å². The van der Waals surface area contributed by atoms with Crippen molar-refractivity contribution in [3.63, 3.8) is 0 Å². The largest absolute Gasteiger partial charge is 0.342 e. The number of halogens is 1. The second kappa shape index (κ2) is 2.44. The first kappa shape index (κ1) is 7.03. The molecule has 0 aliphatic carbocycles. The molecule has 0 aromatic carbocycles. The Balaban J connectivity index is 2.30. The van der Waals surface area contributed by atoms with Gasteiger partial charge in [0, 0.05) is 17.7 Å². The van der Waals surface area contributed by atoms with E-state index in [-0.39, 0.29) is 12.2 Å². The third kappa shape index (κ3) is 1.01. The molecule has 0 saturated heterocycles. The molecule has 4 heteroatoms. The van der Waals surface area contributed by atoms with Crippen LogP contribution in [0.2, 0.25) is 0 Å². The van der Waals surface area contributed by atoms with Crippen LogP contribution in [0.1, 0.15) is 0 Å². The summed E-state index contributed by atoms with van der Waals surface area (Å²) in [6.07, 6.45) is 5.76. The lowest BCUT2D eigenvalue weighted by molar-refractivity contribution is 0.392. The highest BCUT2D eigenvalue weighted by molar-refractivity contribution is 9.11. The minimum absolute atomic E-state index is 0.175. The van der Waals surface area contributed by atoms with Crippen LogP contribution in [0.5, 0.6) is 0 Å². The summed E-state index contributed by atoms with van der Waals surface area (Å²) in [5.41, 5.74) is 0. The lowest BCUT2D eigenvalue weighted by Crippen LogP contribution is -2.33. The Kier molecular flexibility index (Phi) is 1.56. The number of allylic oxidation sites excluding steroid dienone is 1. The summed E-state index contributed by atoms with van der Waals surface area (Å²) < 4.78 is 1.11. The van der Waals surface area contributed by atoms with Gasteiger partial charge in [0.15, 0.2) is 0 Å². The van der Waals surface area contributed by atoms with Crippen molar-refractivity contribution in [3.8, 4) is 0 Å². The van der Waals surface area contributed by atoms with E-state index in [1.165, 1.54) is 0 Å². The zero-order chi connectivity index (χ0) is 7.84. The first-order valence-corrected chi connectivity index (χ1v) is 4.22. The number of likely N-dealkylation sites (N-methyl/N-ethyl adjacent to an activating group) is 1. The number of nitrogens with zero attached hydrogens (tertiary/aromatic N) is 3. The van der Waals surface area contributed by atoms with Crippen molar-refractivity contribution in [2.45, 2.75) is 12.2 Å². The smallest absolute Gasteiger partial charge is 0.148 e. The molecule has 0 aromatic heterocycles. The number of fused-ring (bicyclic) bond motifs is 1. The lowest BCUT2D eigenvalue weighted by Gasteiger charge is -2.22. The number of hydrogen-bond donors (Lipinski definition) is 0. The fourth-order valence-corrected chi connectivity index (χ4v) is 1.72. The van der Waals surface area contributed by atoms with Crippen molar-refractivity contribution in [2.75, 3.05) is 7.05 Å². The maximum absolute atomic E-state index is 4.29. The van der Waals surface area contributed by atoms with Gasteiger partial charge in [-0.3, -0.25) is 9.98 Å². The fraction of sp³-hybridized carbons (Fsp3) is 0.429. The van der Waals surface area contributed by atoms with Crippen LogP contribution < -0.4 is 0 Å².